The molecule has 0 atom stereocenters. The van der Waals surface area contributed by atoms with Gasteiger partial charge in [0.05, 0.1) is 18.7 Å². The summed E-state index contributed by atoms with van der Waals surface area (Å²) in [6, 6.07) is 14.5. The van der Waals surface area contributed by atoms with E-state index in [9.17, 15) is 14.4 Å². The lowest BCUT2D eigenvalue weighted by Crippen LogP contribution is -2.34. The van der Waals surface area contributed by atoms with E-state index < -0.39 is 11.8 Å². The molecule has 0 radical (unpaired) electrons. The number of aliphatic hydroxyl groups excluding tert-OH is 1. The number of rotatable bonds is 6. The van der Waals surface area contributed by atoms with E-state index in [1.54, 1.807) is 22.8 Å². The number of fused-ring (bicyclic) bond motifs is 2. The first kappa shape index (κ1) is 20.6. The van der Waals surface area contributed by atoms with Gasteiger partial charge in [0.2, 0.25) is 0 Å². The SMILES string of the molecule is CCn1c(=O)c(-n2nc3ccccc3n2)cc2ccc(NC3=CC(=O)N(CCO)C3=O)cc21. The Hall–Kier alpha value is -4.31. The number of imide groups is 1. The summed E-state index contributed by atoms with van der Waals surface area (Å²) in [4.78, 5) is 40.0. The van der Waals surface area contributed by atoms with Gasteiger partial charge in [-0.1, -0.05) is 18.2 Å². The Morgan fingerprint density at radius 3 is 2.39 bits per heavy atom. The first-order chi connectivity index (χ1) is 16.0. The molecular formula is C23H20N6O4. The Labute approximate surface area is 187 Å². The van der Waals surface area contributed by atoms with Crippen molar-refractivity contribution in [2.75, 3.05) is 18.5 Å². The third-order valence-electron chi connectivity index (χ3n) is 5.51. The van der Waals surface area contributed by atoms with Crippen LogP contribution in [0.15, 0.2) is 65.1 Å². The molecule has 2 amide bonds. The van der Waals surface area contributed by atoms with Crippen molar-refractivity contribution in [1.29, 1.82) is 0 Å². The summed E-state index contributed by atoms with van der Waals surface area (Å²) in [7, 11) is 0. The van der Waals surface area contributed by atoms with E-state index in [1.807, 2.05) is 37.3 Å². The first-order valence-electron chi connectivity index (χ1n) is 10.5. The summed E-state index contributed by atoms with van der Waals surface area (Å²) in [5, 5.41) is 21.7. The summed E-state index contributed by atoms with van der Waals surface area (Å²) in [5.74, 6) is -0.985. The quantitative estimate of drug-likeness (QED) is 0.431. The second-order valence-electron chi connectivity index (χ2n) is 7.53. The number of nitrogens with zero attached hydrogens (tertiary/aromatic N) is 5. The molecule has 0 saturated heterocycles. The molecule has 10 nitrogen and oxygen atoms in total. The van der Waals surface area contributed by atoms with Crippen LogP contribution in [-0.4, -0.2) is 54.5 Å². The number of aromatic nitrogens is 4. The van der Waals surface area contributed by atoms with Crippen LogP contribution in [0.25, 0.3) is 27.6 Å². The van der Waals surface area contributed by atoms with Gasteiger partial charge in [-0.3, -0.25) is 19.3 Å². The van der Waals surface area contributed by atoms with Crippen LogP contribution in [0.4, 0.5) is 5.69 Å². The molecule has 2 N–H and O–H groups in total. The Balaban J connectivity index is 1.55. The molecule has 0 saturated carbocycles. The maximum Gasteiger partial charge on any atom is 0.278 e. The van der Waals surface area contributed by atoms with Crippen molar-refractivity contribution in [1.82, 2.24) is 24.5 Å². The third-order valence-corrected chi connectivity index (χ3v) is 5.51. The molecule has 33 heavy (non-hydrogen) atoms. The van der Waals surface area contributed by atoms with Gasteiger partial charge in [-0.2, -0.15) is 0 Å². The summed E-state index contributed by atoms with van der Waals surface area (Å²) >= 11 is 0. The van der Waals surface area contributed by atoms with Crippen LogP contribution in [0.2, 0.25) is 0 Å². The molecule has 0 bridgehead atoms. The number of amides is 2. The minimum absolute atomic E-state index is 0.0638. The molecule has 2 aromatic heterocycles. The zero-order chi connectivity index (χ0) is 23.1. The van der Waals surface area contributed by atoms with Gasteiger partial charge < -0.3 is 15.0 Å². The normalized spacial score (nSPS) is 13.9. The second kappa shape index (κ2) is 7.99. The van der Waals surface area contributed by atoms with Crippen LogP contribution < -0.4 is 10.9 Å². The largest absolute Gasteiger partial charge is 0.395 e. The number of carbonyl (C=O) groups excluding carboxylic acids is 2. The van der Waals surface area contributed by atoms with Gasteiger partial charge in [-0.25, -0.2) is 0 Å². The third kappa shape index (κ3) is 3.46. The van der Waals surface area contributed by atoms with Gasteiger partial charge in [-0.15, -0.1) is 15.0 Å². The fourth-order valence-corrected chi connectivity index (χ4v) is 3.92. The van der Waals surface area contributed by atoms with Crippen LogP contribution in [0.1, 0.15) is 6.92 Å². The van der Waals surface area contributed by atoms with E-state index in [2.05, 4.69) is 15.5 Å². The smallest absolute Gasteiger partial charge is 0.278 e. The Kier molecular flexibility index (Phi) is 4.98. The number of hydrogen-bond acceptors (Lipinski definition) is 7. The van der Waals surface area contributed by atoms with E-state index in [0.29, 0.717) is 34.5 Å². The fraction of sp³-hybridized carbons (Fsp3) is 0.174. The number of pyridine rings is 1. The van der Waals surface area contributed by atoms with Gasteiger partial charge in [-0.05, 0) is 37.3 Å². The minimum atomic E-state index is -0.505. The predicted molar refractivity (Wildman–Crippen MR) is 122 cm³/mol. The number of benzene rings is 2. The van der Waals surface area contributed by atoms with E-state index in [-0.39, 0.29) is 24.4 Å². The maximum absolute atomic E-state index is 13.3. The molecule has 0 unspecified atom stereocenters. The number of anilines is 1. The lowest BCUT2D eigenvalue weighted by Gasteiger charge is -2.15. The monoisotopic (exact) mass is 444 g/mol. The molecule has 0 aliphatic carbocycles. The molecule has 166 valence electrons. The van der Waals surface area contributed by atoms with Crippen LogP contribution in [0.3, 0.4) is 0 Å². The van der Waals surface area contributed by atoms with Crippen LogP contribution in [0.5, 0.6) is 0 Å². The average Bonchev–Trinajstić information content (AvgIpc) is 3.35. The highest BCUT2D eigenvalue weighted by atomic mass is 16.3. The highest BCUT2D eigenvalue weighted by molar-refractivity contribution is 6.17. The molecule has 2 aromatic carbocycles. The van der Waals surface area contributed by atoms with Crippen molar-refractivity contribution < 1.29 is 14.7 Å². The van der Waals surface area contributed by atoms with Gasteiger partial charge >= 0.3 is 0 Å². The molecule has 10 heteroatoms. The molecule has 1 aliphatic heterocycles. The molecule has 5 rings (SSSR count). The van der Waals surface area contributed by atoms with Gasteiger partial charge in [0.15, 0.2) is 5.69 Å². The maximum atomic E-state index is 13.3. The predicted octanol–water partition coefficient (Wildman–Crippen LogP) is 1.41. The summed E-state index contributed by atoms with van der Waals surface area (Å²) in [5.41, 5.74) is 2.80. The number of nitrogens with one attached hydrogen (secondary N) is 1. The molecule has 0 spiro atoms. The van der Waals surface area contributed by atoms with Gasteiger partial charge in [0.1, 0.15) is 16.7 Å². The molecule has 4 aromatic rings. The average molecular weight is 444 g/mol. The van der Waals surface area contributed by atoms with E-state index >= 15 is 0 Å². The topological polar surface area (TPSA) is 122 Å². The van der Waals surface area contributed by atoms with Crippen molar-refractivity contribution in [2.24, 2.45) is 0 Å². The fourth-order valence-electron chi connectivity index (χ4n) is 3.92. The highest BCUT2D eigenvalue weighted by Gasteiger charge is 2.30. The summed E-state index contributed by atoms with van der Waals surface area (Å²) in [6.45, 7) is 1.91. The number of hydrogen-bond donors (Lipinski definition) is 2. The summed E-state index contributed by atoms with van der Waals surface area (Å²) in [6.07, 6.45) is 1.20. The summed E-state index contributed by atoms with van der Waals surface area (Å²) < 4.78 is 1.61. The highest BCUT2D eigenvalue weighted by Crippen LogP contribution is 2.23. The van der Waals surface area contributed by atoms with Gasteiger partial charge in [0.25, 0.3) is 17.4 Å². The van der Waals surface area contributed by atoms with Gasteiger partial charge in [0, 0.05) is 23.7 Å². The van der Waals surface area contributed by atoms with Crippen molar-refractivity contribution in [2.45, 2.75) is 13.5 Å². The minimum Gasteiger partial charge on any atom is -0.395 e. The van der Waals surface area contributed by atoms with Crippen LogP contribution >= 0.6 is 0 Å². The lowest BCUT2D eigenvalue weighted by molar-refractivity contribution is -0.137. The Morgan fingerprint density at radius 2 is 1.73 bits per heavy atom. The zero-order valence-electron chi connectivity index (χ0n) is 17.7. The second-order valence-corrected chi connectivity index (χ2v) is 7.53. The van der Waals surface area contributed by atoms with Crippen molar-refractivity contribution in [3.05, 3.63) is 70.7 Å². The van der Waals surface area contributed by atoms with E-state index in [1.165, 1.54) is 10.9 Å². The number of aliphatic hydroxyl groups is 1. The zero-order valence-corrected chi connectivity index (χ0v) is 17.7. The Bertz CT molecular complexity index is 1480. The number of aryl methyl sites for hydroxylation is 1. The van der Waals surface area contributed by atoms with Crippen molar-refractivity contribution >= 4 is 39.4 Å². The number of β-amino-alcohol motifs (C(OH)–C–C–N with tert-alkyl or cyclic N) is 1. The molecular weight excluding hydrogens is 424 g/mol. The van der Waals surface area contributed by atoms with Crippen molar-refractivity contribution in [3.63, 3.8) is 0 Å². The standard InChI is InChI=1S/C23H20N6O4/c1-2-27-19-12-15(24-18-13-21(31)28(9-10-30)22(18)32)8-7-14(19)11-20(23(27)33)29-25-16-5-3-4-6-17(16)26-29/h3-8,11-13,24,30H,2,9-10H2,1H3. The van der Waals surface area contributed by atoms with E-state index in [4.69, 9.17) is 5.11 Å². The molecule has 3 heterocycles. The first-order valence-corrected chi connectivity index (χ1v) is 10.5. The Morgan fingerprint density at radius 1 is 1.00 bits per heavy atom. The number of carbonyl (C=O) groups is 2. The van der Waals surface area contributed by atoms with Crippen molar-refractivity contribution in [3.8, 4) is 5.69 Å². The van der Waals surface area contributed by atoms with Crippen LogP contribution in [-0.2, 0) is 16.1 Å². The molecule has 1 aliphatic rings. The van der Waals surface area contributed by atoms with E-state index in [0.717, 1.165) is 10.3 Å². The van der Waals surface area contributed by atoms with Crippen LogP contribution in [0, 0.1) is 0 Å². The lowest BCUT2D eigenvalue weighted by atomic mass is 10.1. The molecule has 0 fully saturated rings.